The lowest BCUT2D eigenvalue weighted by Crippen LogP contribution is -2.00. The van der Waals surface area contributed by atoms with Gasteiger partial charge in [0.05, 0.1) is 11.0 Å². The van der Waals surface area contributed by atoms with Crippen molar-refractivity contribution < 1.29 is 0 Å². The number of rotatable bonds is 4. The third-order valence-corrected chi connectivity index (χ3v) is 7.68. The van der Waals surface area contributed by atoms with Crippen molar-refractivity contribution >= 4 is 32.7 Å². The average molecular weight is 528 g/mol. The third-order valence-electron chi connectivity index (χ3n) is 7.68. The van der Waals surface area contributed by atoms with E-state index in [9.17, 15) is 0 Å². The van der Waals surface area contributed by atoms with Crippen molar-refractivity contribution in [2.24, 2.45) is 0 Å². The van der Waals surface area contributed by atoms with Gasteiger partial charge < -0.3 is 9.55 Å². The van der Waals surface area contributed by atoms with E-state index in [0.717, 1.165) is 33.4 Å². The zero-order valence-corrected chi connectivity index (χ0v) is 22.4. The first kappa shape index (κ1) is 23.3. The molecule has 0 unspecified atom stereocenters. The fraction of sp³-hybridized carbons (Fsp3) is 0.0278. The number of benzene rings is 5. The first-order chi connectivity index (χ1) is 20.2. The van der Waals surface area contributed by atoms with Gasteiger partial charge in [0.1, 0.15) is 0 Å². The molecule has 0 aliphatic rings. The first-order valence-electron chi connectivity index (χ1n) is 13.7. The van der Waals surface area contributed by atoms with Gasteiger partial charge in [0.15, 0.2) is 17.5 Å². The molecule has 3 heterocycles. The predicted octanol–water partition coefficient (Wildman–Crippen LogP) is 8.76. The number of fused-ring (bicyclic) bond motifs is 5. The summed E-state index contributed by atoms with van der Waals surface area (Å²) in [6.07, 6.45) is 2.14. The van der Waals surface area contributed by atoms with E-state index >= 15 is 0 Å². The second-order valence-corrected chi connectivity index (χ2v) is 10.4. The van der Waals surface area contributed by atoms with Gasteiger partial charge in [0.25, 0.3) is 0 Å². The summed E-state index contributed by atoms with van der Waals surface area (Å²) in [5.74, 6) is 1.95. The number of nitrogens with one attached hydrogen (secondary N) is 1. The fourth-order valence-corrected chi connectivity index (χ4v) is 5.66. The van der Waals surface area contributed by atoms with Crippen LogP contribution in [0.5, 0.6) is 0 Å². The quantitative estimate of drug-likeness (QED) is 0.249. The van der Waals surface area contributed by atoms with Crippen LogP contribution in [0.15, 0.2) is 128 Å². The highest BCUT2D eigenvalue weighted by Crippen LogP contribution is 2.34. The molecule has 3 aromatic heterocycles. The lowest BCUT2D eigenvalue weighted by molar-refractivity contribution is 1.07. The molecule has 0 spiro atoms. The monoisotopic (exact) mass is 527 g/mol. The zero-order valence-electron chi connectivity index (χ0n) is 22.4. The van der Waals surface area contributed by atoms with Gasteiger partial charge in [-0.25, -0.2) is 15.0 Å². The van der Waals surface area contributed by atoms with Crippen LogP contribution in [0.2, 0.25) is 0 Å². The number of aryl methyl sites for hydroxylation is 1. The van der Waals surface area contributed by atoms with Gasteiger partial charge in [0, 0.05) is 50.2 Å². The SMILES string of the molecule is Cc1ccc2c(c1)[nH]c1c2ccc2c1ccn2-c1cccc(-c2nc(-c3ccccc3)nc(-c3ccccc3)n2)c1. The molecule has 0 saturated carbocycles. The van der Waals surface area contributed by atoms with E-state index in [-0.39, 0.29) is 0 Å². The topological polar surface area (TPSA) is 59.4 Å². The van der Waals surface area contributed by atoms with Gasteiger partial charge in [-0.2, -0.15) is 0 Å². The van der Waals surface area contributed by atoms with Crippen molar-refractivity contribution in [3.63, 3.8) is 0 Å². The summed E-state index contributed by atoms with van der Waals surface area (Å²) in [5.41, 5.74) is 8.62. The van der Waals surface area contributed by atoms with Crippen LogP contribution < -0.4 is 0 Å². The molecule has 0 fully saturated rings. The van der Waals surface area contributed by atoms with Crippen LogP contribution in [-0.2, 0) is 0 Å². The molecule has 0 radical (unpaired) electrons. The predicted molar refractivity (Wildman–Crippen MR) is 167 cm³/mol. The molecular weight excluding hydrogens is 502 g/mol. The summed E-state index contributed by atoms with van der Waals surface area (Å²) in [4.78, 5) is 18.3. The standard InChI is InChI=1S/C36H25N5/c1-23-15-16-28-29-17-18-32-30(33(29)37-31(28)21-23)19-20-41(32)27-14-8-13-26(22-27)36-39-34(24-9-4-2-5-10-24)38-35(40-36)25-11-6-3-7-12-25/h2-22,37H,1H3. The summed E-state index contributed by atoms with van der Waals surface area (Å²) in [7, 11) is 0. The molecule has 0 amide bonds. The van der Waals surface area contributed by atoms with E-state index in [4.69, 9.17) is 15.0 Å². The van der Waals surface area contributed by atoms with Gasteiger partial charge in [-0.15, -0.1) is 0 Å². The first-order valence-corrected chi connectivity index (χ1v) is 13.7. The molecule has 5 nitrogen and oxygen atoms in total. The normalized spacial score (nSPS) is 11.5. The van der Waals surface area contributed by atoms with Crippen LogP contribution in [0.1, 0.15) is 5.56 Å². The Balaban J connectivity index is 1.27. The molecule has 1 N–H and O–H groups in total. The smallest absolute Gasteiger partial charge is 0.164 e. The van der Waals surface area contributed by atoms with Gasteiger partial charge >= 0.3 is 0 Å². The van der Waals surface area contributed by atoms with Crippen molar-refractivity contribution in [3.05, 3.63) is 133 Å². The Kier molecular flexibility index (Phi) is 5.28. The van der Waals surface area contributed by atoms with Gasteiger partial charge in [-0.1, -0.05) is 91.0 Å². The second kappa shape index (κ2) is 9.28. The Hall–Kier alpha value is -5.55. The Morgan fingerprint density at radius 1 is 0.537 bits per heavy atom. The number of aromatic nitrogens is 5. The maximum atomic E-state index is 4.92. The number of aromatic amines is 1. The van der Waals surface area contributed by atoms with Crippen LogP contribution in [-0.4, -0.2) is 24.5 Å². The van der Waals surface area contributed by atoms with Gasteiger partial charge in [-0.05, 0) is 42.8 Å². The van der Waals surface area contributed by atoms with Crippen molar-refractivity contribution in [1.82, 2.24) is 24.5 Å². The van der Waals surface area contributed by atoms with Crippen molar-refractivity contribution in [2.75, 3.05) is 0 Å². The summed E-state index contributed by atoms with van der Waals surface area (Å²) in [6.45, 7) is 2.13. The van der Waals surface area contributed by atoms with Gasteiger partial charge in [-0.3, -0.25) is 0 Å². The van der Waals surface area contributed by atoms with E-state index < -0.39 is 0 Å². The van der Waals surface area contributed by atoms with Crippen LogP contribution >= 0.6 is 0 Å². The zero-order chi connectivity index (χ0) is 27.3. The van der Waals surface area contributed by atoms with E-state index in [1.54, 1.807) is 0 Å². The lowest BCUT2D eigenvalue weighted by atomic mass is 10.1. The molecule has 5 heteroatoms. The highest BCUT2D eigenvalue weighted by molar-refractivity contribution is 6.16. The molecule has 0 saturated heterocycles. The van der Waals surface area contributed by atoms with Crippen molar-refractivity contribution in [3.8, 4) is 39.9 Å². The van der Waals surface area contributed by atoms with Crippen LogP contribution in [0.4, 0.5) is 0 Å². The Bertz CT molecular complexity index is 2150. The van der Waals surface area contributed by atoms with Gasteiger partial charge in [0.2, 0.25) is 0 Å². The number of hydrogen-bond donors (Lipinski definition) is 1. The molecule has 0 aliphatic heterocycles. The Morgan fingerprint density at radius 3 is 1.88 bits per heavy atom. The minimum absolute atomic E-state index is 0.643. The lowest BCUT2D eigenvalue weighted by Gasteiger charge is -2.10. The van der Waals surface area contributed by atoms with Crippen molar-refractivity contribution in [2.45, 2.75) is 6.92 Å². The van der Waals surface area contributed by atoms with E-state index in [2.05, 4.69) is 83.3 Å². The molecule has 0 aliphatic carbocycles. The van der Waals surface area contributed by atoms with E-state index in [1.165, 1.54) is 27.2 Å². The molecule has 194 valence electrons. The van der Waals surface area contributed by atoms with Crippen LogP contribution in [0, 0.1) is 6.92 Å². The van der Waals surface area contributed by atoms with E-state index in [1.807, 2.05) is 60.7 Å². The number of hydrogen-bond acceptors (Lipinski definition) is 3. The maximum Gasteiger partial charge on any atom is 0.164 e. The fourth-order valence-electron chi connectivity index (χ4n) is 5.66. The second-order valence-electron chi connectivity index (χ2n) is 10.4. The molecule has 0 bridgehead atoms. The maximum absolute atomic E-state index is 4.92. The molecule has 41 heavy (non-hydrogen) atoms. The Labute approximate surface area is 236 Å². The molecule has 5 aromatic carbocycles. The highest BCUT2D eigenvalue weighted by atomic mass is 15.0. The largest absolute Gasteiger partial charge is 0.354 e. The number of nitrogens with zero attached hydrogens (tertiary/aromatic N) is 4. The average Bonchev–Trinajstić information content (AvgIpc) is 3.63. The minimum Gasteiger partial charge on any atom is -0.354 e. The van der Waals surface area contributed by atoms with Crippen LogP contribution in [0.3, 0.4) is 0 Å². The van der Waals surface area contributed by atoms with Crippen molar-refractivity contribution in [1.29, 1.82) is 0 Å². The molecular formula is C36H25N5. The van der Waals surface area contributed by atoms with E-state index in [0.29, 0.717) is 17.5 Å². The summed E-state index contributed by atoms with van der Waals surface area (Å²) >= 11 is 0. The summed E-state index contributed by atoms with van der Waals surface area (Å²) < 4.78 is 2.23. The third kappa shape index (κ3) is 3.98. The summed E-state index contributed by atoms with van der Waals surface area (Å²) in [6, 6.07) is 41.7. The number of H-pyrrole nitrogens is 1. The molecule has 8 rings (SSSR count). The molecule has 8 aromatic rings. The highest BCUT2D eigenvalue weighted by Gasteiger charge is 2.15. The summed E-state index contributed by atoms with van der Waals surface area (Å²) in [5, 5.41) is 3.69. The minimum atomic E-state index is 0.643. The van der Waals surface area contributed by atoms with Crippen LogP contribution in [0.25, 0.3) is 72.6 Å². The molecule has 0 atom stereocenters. The Morgan fingerprint density at radius 2 is 1.17 bits per heavy atom.